The lowest BCUT2D eigenvalue weighted by Crippen LogP contribution is -2.42. The molecule has 0 spiro atoms. The maximum absolute atomic E-state index is 12.6. The number of hydrogen-bond donors (Lipinski definition) is 1. The van der Waals surface area contributed by atoms with E-state index in [0.717, 1.165) is 54.5 Å². The number of rotatable bonds is 5. The van der Waals surface area contributed by atoms with Crippen molar-refractivity contribution in [2.75, 3.05) is 24.5 Å². The Bertz CT molecular complexity index is 978. The molecule has 4 heterocycles. The van der Waals surface area contributed by atoms with Crippen molar-refractivity contribution in [3.63, 3.8) is 0 Å². The Kier molecular flexibility index (Phi) is 5.02. The minimum Gasteiger partial charge on any atom is -0.466 e. The summed E-state index contributed by atoms with van der Waals surface area (Å²) < 4.78 is 7.44. The van der Waals surface area contributed by atoms with Crippen LogP contribution in [-0.2, 0) is 4.79 Å². The topological polar surface area (TPSA) is 88.6 Å². The predicted octanol–water partition coefficient (Wildman–Crippen LogP) is 2.47. The number of piperidine rings is 1. The Hall–Kier alpha value is -2.90. The van der Waals surface area contributed by atoms with Crippen LogP contribution in [0.4, 0.5) is 5.82 Å². The third-order valence-electron chi connectivity index (χ3n) is 5.52. The number of carbonyl (C=O) groups is 1. The molecule has 28 heavy (non-hydrogen) atoms. The molecule has 1 fully saturated rings. The molecule has 1 amide bonds. The number of nitrogens with zero attached hydrogens (tertiary/aromatic N) is 5. The van der Waals surface area contributed by atoms with Crippen LogP contribution in [0.25, 0.3) is 5.65 Å². The maximum Gasteiger partial charge on any atom is 0.227 e. The third-order valence-corrected chi connectivity index (χ3v) is 5.52. The van der Waals surface area contributed by atoms with Gasteiger partial charge in [0.25, 0.3) is 0 Å². The van der Waals surface area contributed by atoms with Gasteiger partial charge in [-0.3, -0.25) is 9.20 Å². The van der Waals surface area contributed by atoms with Crippen LogP contribution in [0.2, 0.25) is 0 Å². The van der Waals surface area contributed by atoms with Crippen molar-refractivity contribution in [3.05, 3.63) is 41.9 Å². The second-order valence-corrected chi connectivity index (χ2v) is 7.60. The number of furan rings is 1. The van der Waals surface area contributed by atoms with E-state index >= 15 is 0 Å². The van der Waals surface area contributed by atoms with Gasteiger partial charge in [-0.25, -0.2) is 4.98 Å². The fraction of sp³-hybridized carbons (Fsp3) is 0.500. The van der Waals surface area contributed by atoms with Crippen molar-refractivity contribution in [3.8, 4) is 0 Å². The van der Waals surface area contributed by atoms with E-state index in [9.17, 15) is 4.79 Å². The van der Waals surface area contributed by atoms with E-state index < -0.39 is 0 Å². The van der Waals surface area contributed by atoms with Crippen LogP contribution >= 0.6 is 0 Å². The molecular formula is C20H26N6O2. The van der Waals surface area contributed by atoms with Gasteiger partial charge in [-0.1, -0.05) is 0 Å². The van der Waals surface area contributed by atoms with Gasteiger partial charge in [0.2, 0.25) is 11.6 Å². The highest BCUT2D eigenvalue weighted by molar-refractivity contribution is 5.83. The Morgan fingerprint density at radius 3 is 3.07 bits per heavy atom. The zero-order chi connectivity index (χ0) is 19.7. The van der Waals surface area contributed by atoms with Gasteiger partial charge in [-0.15, -0.1) is 10.2 Å². The van der Waals surface area contributed by atoms with Crippen LogP contribution < -0.4 is 10.2 Å². The minimum absolute atomic E-state index is 0.0405. The second kappa shape index (κ2) is 7.61. The molecule has 148 valence electrons. The molecule has 1 N–H and O–H groups in total. The molecule has 3 aromatic rings. The predicted molar refractivity (Wildman–Crippen MR) is 105 cm³/mol. The summed E-state index contributed by atoms with van der Waals surface area (Å²) in [6.07, 6.45) is 7.45. The zero-order valence-corrected chi connectivity index (χ0v) is 16.6. The Morgan fingerprint density at radius 1 is 1.43 bits per heavy atom. The fourth-order valence-corrected chi connectivity index (χ4v) is 4.01. The highest BCUT2D eigenvalue weighted by Crippen LogP contribution is 2.25. The molecule has 1 saturated heterocycles. The van der Waals surface area contributed by atoms with E-state index in [-0.39, 0.29) is 11.8 Å². The average molecular weight is 382 g/mol. The first-order valence-corrected chi connectivity index (χ1v) is 9.77. The van der Waals surface area contributed by atoms with E-state index in [4.69, 9.17) is 4.42 Å². The van der Waals surface area contributed by atoms with Crippen LogP contribution in [0.15, 0.2) is 29.2 Å². The zero-order valence-electron chi connectivity index (χ0n) is 16.6. The molecule has 1 aliphatic heterocycles. The summed E-state index contributed by atoms with van der Waals surface area (Å²) >= 11 is 0. The maximum atomic E-state index is 12.6. The number of anilines is 1. The normalized spacial score (nSPS) is 18.4. The summed E-state index contributed by atoms with van der Waals surface area (Å²) in [6.45, 7) is 8.18. The Balaban J connectivity index is 1.38. The van der Waals surface area contributed by atoms with E-state index in [2.05, 4.69) is 25.4 Å². The molecule has 0 unspecified atom stereocenters. The van der Waals surface area contributed by atoms with Crippen LogP contribution in [0.5, 0.6) is 0 Å². The van der Waals surface area contributed by atoms with E-state index in [1.165, 1.54) is 0 Å². The highest BCUT2D eigenvalue weighted by atomic mass is 16.3. The van der Waals surface area contributed by atoms with Gasteiger partial charge in [-0.2, -0.15) is 0 Å². The molecule has 0 aromatic carbocycles. The molecule has 1 aliphatic rings. The first-order chi connectivity index (χ1) is 13.5. The third kappa shape index (κ3) is 3.58. The van der Waals surface area contributed by atoms with Crippen LogP contribution in [-0.4, -0.2) is 45.1 Å². The van der Waals surface area contributed by atoms with Crippen molar-refractivity contribution < 1.29 is 9.21 Å². The monoisotopic (exact) mass is 382 g/mol. The smallest absolute Gasteiger partial charge is 0.227 e. The van der Waals surface area contributed by atoms with E-state index in [1.807, 2.05) is 37.4 Å². The van der Waals surface area contributed by atoms with Crippen LogP contribution in [0.1, 0.15) is 42.8 Å². The van der Waals surface area contributed by atoms with E-state index in [1.54, 1.807) is 12.5 Å². The van der Waals surface area contributed by atoms with Gasteiger partial charge in [0, 0.05) is 37.6 Å². The van der Waals surface area contributed by atoms with Gasteiger partial charge in [0.05, 0.1) is 5.92 Å². The summed E-state index contributed by atoms with van der Waals surface area (Å²) in [4.78, 5) is 19.4. The van der Waals surface area contributed by atoms with Gasteiger partial charge in [0.1, 0.15) is 17.8 Å². The molecule has 0 bridgehead atoms. The molecule has 0 radical (unpaired) electrons. The average Bonchev–Trinajstić information content (AvgIpc) is 3.31. The molecule has 0 saturated carbocycles. The van der Waals surface area contributed by atoms with Crippen molar-refractivity contribution in [2.24, 2.45) is 5.92 Å². The standard InChI is InChI=1S/C20H26N6O2/c1-13-9-17(15(3)28-13)14(2)20(27)22-10-16-5-4-7-25(11-16)18-19-24-23-12-26(19)8-6-21-18/h6,8-9,12,14,16H,4-5,7,10-11H2,1-3H3,(H,22,27)/t14-,16+/m0/s1. The fourth-order valence-electron chi connectivity index (χ4n) is 4.01. The SMILES string of the molecule is Cc1cc([C@H](C)C(=O)NC[C@H]2CCCN(c3nccn4cnnc34)C2)c(C)o1. The number of carbonyl (C=O) groups excluding carboxylic acids is 1. The summed E-state index contributed by atoms with van der Waals surface area (Å²) in [7, 11) is 0. The molecule has 2 atom stereocenters. The first-order valence-electron chi connectivity index (χ1n) is 9.77. The molecule has 8 heteroatoms. The van der Waals surface area contributed by atoms with Crippen molar-refractivity contribution in [1.29, 1.82) is 0 Å². The second-order valence-electron chi connectivity index (χ2n) is 7.60. The summed E-state index contributed by atoms with van der Waals surface area (Å²) in [5.74, 6) is 2.71. The first kappa shape index (κ1) is 18.5. The number of aryl methyl sites for hydroxylation is 2. The van der Waals surface area contributed by atoms with Crippen molar-refractivity contribution >= 4 is 17.4 Å². The molecule has 0 aliphatic carbocycles. The summed E-state index contributed by atoms with van der Waals surface area (Å²) in [5, 5.41) is 11.3. The van der Waals surface area contributed by atoms with Crippen LogP contribution in [0, 0.1) is 19.8 Å². The number of nitrogens with one attached hydrogen (secondary N) is 1. The molecular weight excluding hydrogens is 356 g/mol. The van der Waals surface area contributed by atoms with Gasteiger partial charge in [0.15, 0.2) is 5.82 Å². The Labute approximate surface area is 164 Å². The van der Waals surface area contributed by atoms with E-state index in [0.29, 0.717) is 12.5 Å². The quantitative estimate of drug-likeness (QED) is 0.729. The van der Waals surface area contributed by atoms with Gasteiger partial charge >= 0.3 is 0 Å². The lowest BCUT2D eigenvalue weighted by atomic mass is 9.96. The van der Waals surface area contributed by atoms with Gasteiger partial charge in [-0.05, 0) is 45.6 Å². The Morgan fingerprint density at radius 2 is 2.29 bits per heavy atom. The number of amides is 1. The van der Waals surface area contributed by atoms with Crippen LogP contribution in [0.3, 0.4) is 0 Å². The number of hydrogen-bond acceptors (Lipinski definition) is 6. The van der Waals surface area contributed by atoms with Crippen molar-refractivity contribution in [2.45, 2.75) is 39.5 Å². The molecule has 3 aromatic heterocycles. The van der Waals surface area contributed by atoms with Crippen molar-refractivity contribution in [1.82, 2.24) is 24.9 Å². The molecule has 8 nitrogen and oxygen atoms in total. The largest absolute Gasteiger partial charge is 0.466 e. The lowest BCUT2D eigenvalue weighted by Gasteiger charge is -2.33. The van der Waals surface area contributed by atoms with Gasteiger partial charge < -0.3 is 14.6 Å². The molecule has 4 rings (SSSR count). The number of fused-ring (bicyclic) bond motifs is 1. The highest BCUT2D eigenvalue weighted by Gasteiger charge is 2.25. The lowest BCUT2D eigenvalue weighted by molar-refractivity contribution is -0.122. The number of aromatic nitrogens is 4. The minimum atomic E-state index is -0.219. The summed E-state index contributed by atoms with van der Waals surface area (Å²) in [6, 6.07) is 1.95. The summed E-state index contributed by atoms with van der Waals surface area (Å²) in [5.41, 5.74) is 1.73.